The molecule has 0 saturated heterocycles. The Hall–Kier alpha value is -0.680. The maximum Gasteiger partial charge on any atom is 0.146 e. The van der Waals surface area contributed by atoms with E-state index in [1.807, 2.05) is 0 Å². The molecule has 0 radical (unpaired) electrons. The second kappa shape index (κ2) is 8.61. The Morgan fingerprint density at radius 2 is 1.71 bits per heavy atom. The third kappa shape index (κ3) is 3.93. The lowest BCUT2D eigenvalue weighted by molar-refractivity contribution is -0.179. The molecule has 3 aliphatic carbocycles. The van der Waals surface area contributed by atoms with Crippen molar-refractivity contribution in [2.45, 2.75) is 57.7 Å². The molecule has 0 aromatic rings. The van der Waals surface area contributed by atoms with Crippen LogP contribution in [0.2, 0.25) is 0 Å². The predicted octanol–water partition coefficient (Wildman–Crippen LogP) is 4.07. The number of allylic oxidation sites excluding steroid dienone is 4. The van der Waals surface area contributed by atoms with Crippen molar-refractivity contribution < 1.29 is 18.9 Å². The van der Waals surface area contributed by atoms with E-state index in [0.29, 0.717) is 31.3 Å². The largest absolute Gasteiger partial charge is 0.359 e. The number of methoxy groups -OCH3 is 2. The Morgan fingerprint density at radius 3 is 2.50 bits per heavy atom. The molecule has 24 heavy (non-hydrogen) atoms. The zero-order valence-electron chi connectivity index (χ0n) is 15.3. The third-order valence-corrected chi connectivity index (χ3v) is 6.04. The van der Waals surface area contributed by atoms with Crippen molar-refractivity contribution in [1.29, 1.82) is 0 Å². The summed E-state index contributed by atoms with van der Waals surface area (Å²) in [4.78, 5) is 0. The van der Waals surface area contributed by atoms with Crippen molar-refractivity contribution in [2.75, 3.05) is 27.8 Å². The molecule has 136 valence electrons. The van der Waals surface area contributed by atoms with Crippen LogP contribution in [0.5, 0.6) is 0 Å². The molecule has 2 bridgehead atoms. The summed E-state index contributed by atoms with van der Waals surface area (Å²) in [6.45, 7) is 2.98. The molecule has 0 aliphatic heterocycles. The van der Waals surface area contributed by atoms with Crippen LogP contribution in [0.15, 0.2) is 23.3 Å². The molecule has 0 unspecified atom stereocenters. The summed E-state index contributed by atoms with van der Waals surface area (Å²) in [7, 11) is 3.40. The van der Waals surface area contributed by atoms with Gasteiger partial charge in [-0.2, -0.15) is 0 Å². The van der Waals surface area contributed by atoms with Crippen LogP contribution in [0, 0.1) is 17.8 Å². The van der Waals surface area contributed by atoms with E-state index in [1.54, 1.807) is 14.2 Å². The summed E-state index contributed by atoms with van der Waals surface area (Å²) in [5.41, 5.74) is 2.98. The van der Waals surface area contributed by atoms with Gasteiger partial charge >= 0.3 is 0 Å². The minimum Gasteiger partial charge on any atom is -0.359 e. The summed E-state index contributed by atoms with van der Waals surface area (Å²) in [6.07, 6.45) is 12.3. The van der Waals surface area contributed by atoms with Gasteiger partial charge in [-0.05, 0) is 56.4 Å². The summed E-state index contributed by atoms with van der Waals surface area (Å²) in [5, 5.41) is 0. The first-order valence-corrected chi connectivity index (χ1v) is 9.31. The first kappa shape index (κ1) is 18.1. The lowest BCUT2D eigenvalue weighted by Gasteiger charge is -2.46. The summed E-state index contributed by atoms with van der Waals surface area (Å²) >= 11 is 0. The molecule has 0 spiro atoms. The van der Waals surface area contributed by atoms with E-state index in [2.05, 4.69) is 19.1 Å². The normalized spacial score (nSPS) is 38.4. The molecule has 0 heterocycles. The lowest BCUT2D eigenvalue weighted by atomic mass is 9.65. The SMILES string of the molecule is COCO[C@@H]1[C@H]2CC=C(C)/C(=C/C[C@@H]3CCC[C@H](OCOC)[C@H]31)C2. The number of rotatable bonds is 6. The van der Waals surface area contributed by atoms with E-state index in [1.165, 1.54) is 24.0 Å². The molecular formula is C20H32O4. The van der Waals surface area contributed by atoms with Crippen molar-refractivity contribution in [1.82, 2.24) is 0 Å². The van der Waals surface area contributed by atoms with Crippen molar-refractivity contribution in [3.8, 4) is 0 Å². The van der Waals surface area contributed by atoms with Crippen LogP contribution in [0.3, 0.4) is 0 Å². The van der Waals surface area contributed by atoms with Gasteiger partial charge in [0.1, 0.15) is 13.6 Å². The smallest absolute Gasteiger partial charge is 0.146 e. The van der Waals surface area contributed by atoms with Gasteiger partial charge in [0.2, 0.25) is 0 Å². The van der Waals surface area contributed by atoms with Gasteiger partial charge in [-0.15, -0.1) is 0 Å². The summed E-state index contributed by atoms with van der Waals surface area (Å²) in [5.74, 6) is 1.58. The highest BCUT2D eigenvalue weighted by atomic mass is 16.7. The van der Waals surface area contributed by atoms with Gasteiger partial charge in [-0.25, -0.2) is 0 Å². The first-order chi connectivity index (χ1) is 11.7. The molecule has 1 saturated carbocycles. The van der Waals surface area contributed by atoms with Gasteiger partial charge in [0.05, 0.1) is 12.2 Å². The van der Waals surface area contributed by atoms with Crippen molar-refractivity contribution in [2.24, 2.45) is 17.8 Å². The zero-order valence-corrected chi connectivity index (χ0v) is 15.3. The number of fused-ring (bicyclic) bond motifs is 3. The summed E-state index contributed by atoms with van der Waals surface area (Å²) in [6, 6.07) is 0. The average Bonchev–Trinajstić information content (AvgIpc) is 2.59. The predicted molar refractivity (Wildman–Crippen MR) is 93.5 cm³/mol. The van der Waals surface area contributed by atoms with Crippen molar-refractivity contribution >= 4 is 0 Å². The zero-order chi connectivity index (χ0) is 16.9. The Bertz CT molecular complexity index is 470. The molecule has 0 amide bonds. The Balaban J connectivity index is 1.87. The quantitative estimate of drug-likeness (QED) is 0.685. The van der Waals surface area contributed by atoms with Crippen LogP contribution < -0.4 is 0 Å². The molecule has 4 nitrogen and oxygen atoms in total. The van der Waals surface area contributed by atoms with E-state index in [9.17, 15) is 0 Å². The van der Waals surface area contributed by atoms with Gasteiger partial charge in [-0.1, -0.05) is 24.1 Å². The highest BCUT2D eigenvalue weighted by Crippen LogP contribution is 2.45. The van der Waals surface area contributed by atoms with E-state index in [-0.39, 0.29) is 12.2 Å². The van der Waals surface area contributed by atoms with Crippen LogP contribution in [-0.2, 0) is 18.9 Å². The minimum absolute atomic E-state index is 0.199. The van der Waals surface area contributed by atoms with Crippen LogP contribution >= 0.6 is 0 Å². The van der Waals surface area contributed by atoms with E-state index >= 15 is 0 Å². The van der Waals surface area contributed by atoms with E-state index in [4.69, 9.17) is 18.9 Å². The second-order valence-electron chi connectivity index (χ2n) is 7.47. The molecule has 4 heteroatoms. The van der Waals surface area contributed by atoms with Crippen LogP contribution in [0.1, 0.15) is 45.4 Å². The van der Waals surface area contributed by atoms with Gasteiger partial charge in [-0.3, -0.25) is 0 Å². The maximum atomic E-state index is 6.27. The molecule has 1 fully saturated rings. The molecule has 5 atom stereocenters. The maximum absolute atomic E-state index is 6.27. The molecule has 0 aromatic carbocycles. The monoisotopic (exact) mass is 336 g/mol. The highest BCUT2D eigenvalue weighted by Gasteiger charge is 2.44. The molecule has 0 N–H and O–H groups in total. The molecule has 3 aliphatic rings. The Labute approximate surface area is 146 Å². The van der Waals surface area contributed by atoms with Crippen molar-refractivity contribution in [3.05, 3.63) is 23.3 Å². The second-order valence-corrected chi connectivity index (χ2v) is 7.47. The van der Waals surface area contributed by atoms with Gasteiger partial charge in [0.25, 0.3) is 0 Å². The fourth-order valence-electron chi connectivity index (χ4n) is 4.86. The topological polar surface area (TPSA) is 36.9 Å². The minimum atomic E-state index is 0.199. The standard InChI is InChI=1S/C20H32O4/c1-14-7-8-17-11-16(14)10-9-15-5-4-6-18(23-12-21-2)19(15)20(17)24-13-22-3/h7,10,15,17-20H,4-6,8-9,11-13H2,1-3H3/b16-10+/t15-,17-,18-,19-,20+/m0/s1. The van der Waals surface area contributed by atoms with Crippen molar-refractivity contribution in [3.63, 3.8) is 0 Å². The van der Waals surface area contributed by atoms with Gasteiger partial charge in [0, 0.05) is 20.1 Å². The number of ether oxygens (including phenoxy) is 4. The van der Waals surface area contributed by atoms with Gasteiger partial charge < -0.3 is 18.9 Å². The third-order valence-electron chi connectivity index (χ3n) is 6.04. The van der Waals surface area contributed by atoms with Crippen LogP contribution in [-0.4, -0.2) is 40.0 Å². The lowest BCUT2D eigenvalue weighted by Crippen LogP contribution is -2.48. The Kier molecular flexibility index (Phi) is 6.50. The number of hydrogen-bond acceptors (Lipinski definition) is 4. The molecular weight excluding hydrogens is 304 g/mol. The van der Waals surface area contributed by atoms with E-state index < -0.39 is 0 Å². The van der Waals surface area contributed by atoms with Crippen LogP contribution in [0.4, 0.5) is 0 Å². The first-order valence-electron chi connectivity index (χ1n) is 9.31. The van der Waals surface area contributed by atoms with Gasteiger partial charge in [0.15, 0.2) is 0 Å². The molecule has 0 aromatic heterocycles. The Morgan fingerprint density at radius 1 is 0.958 bits per heavy atom. The molecule has 3 rings (SSSR count). The van der Waals surface area contributed by atoms with E-state index in [0.717, 1.165) is 25.7 Å². The summed E-state index contributed by atoms with van der Waals surface area (Å²) < 4.78 is 22.8. The highest BCUT2D eigenvalue weighted by molar-refractivity contribution is 5.33. The number of hydrogen-bond donors (Lipinski definition) is 0. The fourth-order valence-corrected chi connectivity index (χ4v) is 4.86. The average molecular weight is 336 g/mol. The van der Waals surface area contributed by atoms with Crippen LogP contribution in [0.25, 0.3) is 0 Å². The fraction of sp³-hybridized carbons (Fsp3) is 0.800.